The van der Waals surface area contributed by atoms with Gasteiger partial charge in [-0.2, -0.15) is 0 Å². The van der Waals surface area contributed by atoms with E-state index in [4.69, 9.17) is 4.74 Å². The maximum atomic E-state index is 13.3. The Kier molecular flexibility index (Phi) is 4.83. The fraction of sp³-hybridized carbons (Fsp3) is 0.500. The van der Waals surface area contributed by atoms with E-state index in [2.05, 4.69) is 5.32 Å². The number of halogens is 2. The van der Waals surface area contributed by atoms with Crippen molar-refractivity contribution < 1.29 is 13.5 Å². The largest absolute Gasteiger partial charge is 0.380 e. The van der Waals surface area contributed by atoms with Gasteiger partial charge in [0.15, 0.2) is 0 Å². The quantitative estimate of drug-likeness (QED) is 0.837. The second-order valence-electron chi connectivity index (χ2n) is 3.85. The Morgan fingerprint density at radius 2 is 2.00 bits per heavy atom. The van der Waals surface area contributed by atoms with Crippen molar-refractivity contribution in [3.8, 4) is 0 Å². The van der Waals surface area contributed by atoms with Crippen molar-refractivity contribution in [1.82, 2.24) is 5.32 Å². The van der Waals surface area contributed by atoms with Crippen molar-refractivity contribution >= 4 is 0 Å². The molecule has 1 aromatic rings. The zero-order valence-electron chi connectivity index (χ0n) is 9.76. The molecule has 0 aliphatic rings. The van der Waals surface area contributed by atoms with Gasteiger partial charge in [-0.3, -0.25) is 0 Å². The predicted octanol–water partition coefficient (Wildman–Crippen LogP) is 2.48. The summed E-state index contributed by atoms with van der Waals surface area (Å²) in [5.41, 5.74) is 0.455. The van der Waals surface area contributed by atoms with Crippen LogP contribution in [-0.2, 0) is 11.3 Å². The Balaban J connectivity index is 2.54. The lowest BCUT2D eigenvalue weighted by Crippen LogP contribution is -2.36. The highest BCUT2D eigenvalue weighted by molar-refractivity contribution is 5.18. The molecule has 0 bridgehead atoms. The van der Waals surface area contributed by atoms with Gasteiger partial charge in [-0.1, -0.05) is 6.07 Å². The van der Waals surface area contributed by atoms with Crippen LogP contribution in [0.5, 0.6) is 0 Å². The lowest BCUT2D eigenvalue weighted by Gasteiger charge is -2.20. The highest BCUT2D eigenvalue weighted by Gasteiger charge is 2.11. The molecule has 4 heteroatoms. The molecule has 16 heavy (non-hydrogen) atoms. The molecule has 0 radical (unpaired) electrons. The molecule has 1 N–H and O–H groups in total. The Morgan fingerprint density at radius 1 is 1.31 bits per heavy atom. The molecule has 1 rings (SSSR count). The zero-order chi connectivity index (χ0) is 12.1. The Bertz CT molecular complexity index is 344. The van der Waals surface area contributed by atoms with Gasteiger partial charge in [-0.25, -0.2) is 8.78 Å². The first-order chi connectivity index (χ1) is 7.54. The minimum absolute atomic E-state index is 0.0449. The first-order valence-electron chi connectivity index (χ1n) is 5.24. The smallest absolute Gasteiger partial charge is 0.130 e. The SMILES string of the molecule is COC(C)C(C)NCc1ccc(F)cc1F. The van der Waals surface area contributed by atoms with Crippen LogP contribution in [0.2, 0.25) is 0 Å². The average molecular weight is 229 g/mol. The lowest BCUT2D eigenvalue weighted by atomic mass is 10.1. The molecule has 0 saturated heterocycles. The Labute approximate surface area is 94.6 Å². The number of rotatable bonds is 5. The molecule has 2 nitrogen and oxygen atoms in total. The lowest BCUT2D eigenvalue weighted by molar-refractivity contribution is 0.0881. The normalized spacial score (nSPS) is 14.8. The number of hydrogen-bond acceptors (Lipinski definition) is 2. The summed E-state index contributed by atoms with van der Waals surface area (Å²) in [7, 11) is 1.63. The highest BCUT2D eigenvalue weighted by Crippen LogP contribution is 2.09. The molecule has 0 spiro atoms. The number of hydrogen-bond donors (Lipinski definition) is 1. The molecule has 0 saturated carbocycles. The highest BCUT2D eigenvalue weighted by atomic mass is 19.1. The minimum atomic E-state index is -0.556. The molecule has 0 heterocycles. The molecule has 0 amide bonds. The van der Waals surface area contributed by atoms with Crippen LogP contribution in [0, 0.1) is 11.6 Å². The Morgan fingerprint density at radius 3 is 2.56 bits per heavy atom. The summed E-state index contributed by atoms with van der Waals surface area (Å²) in [5, 5.41) is 3.12. The molecule has 0 fully saturated rings. The van der Waals surface area contributed by atoms with E-state index in [1.54, 1.807) is 7.11 Å². The molecule has 0 aliphatic heterocycles. The standard InChI is InChI=1S/C12H17F2NO/c1-8(9(2)16-3)15-7-10-4-5-11(13)6-12(10)14/h4-6,8-9,15H,7H2,1-3H3. The van der Waals surface area contributed by atoms with E-state index in [0.29, 0.717) is 12.1 Å². The second kappa shape index (κ2) is 5.92. The van der Waals surface area contributed by atoms with Crippen molar-refractivity contribution in [2.24, 2.45) is 0 Å². The van der Waals surface area contributed by atoms with E-state index in [0.717, 1.165) is 6.07 Å². The number of ether oxygens (including phenoxy) is 1. The zero-order valence-corrected chi connectivity index (χ0v) is 9.76. The summed E-state index contributed by atoms with van der Waals surface area (Å²) in [6.45, 7) is 4.25. The fourth-order valence-corrected chi connectivity index (χ4v) is 1.31. The van der Waals surface area contributed by atoms with Gasteiger partial charge in [0.05, 0.1) is 6.10 Å². The maximum Gasteiger partial charge on any atom is 0.130 e. The molecule has 1 aromatic carbocycles. The fourth-order valence-electron chi connectivity index (χ4n) is 1.31. The van der Waals surface area contributed by atoms with Crippen molar-refractivity contribution in [1.29, 1.82) is 0 Å². The summed E-state index contributed by atoms with van der Waals surface area (Å²) >= 11 is 0. The Hall–Kier alpha value is -1.00. The maximum absolute atomic E-state index is 13.3. The van der Waals surface area contributed by atoms with Gasteiger partial charge < -0.3 is 10.1 Å². The number of methoxy groups -OCH3 is 1. The van der Waals surface area contributed by atoms with E-state index in [9.17, 15) is 8.78 Å². The topological polar surface area (TPSA) is 21.3 Å². The third-order valence-corrected chi connectivity index (χ3v) is 2.71. The molecule has 0 aliphatic carbocycles. The predicted molar refractivity (Wildman–Crippen MR) is 59.1 cm³/mol. The summed E-state index contributed by atoms with van der Waals surface area (Å²) in [5.74, 6) is -1.08. The van der Waals surface area contributed by atoms with E-state index in [-0.39, 0.29) is 12.1 Å². The van der Waals surface area contributed by atoms with Gasteiger partial charge in [-0.05, 0) is 19.9 Å². The van der Waals surface area contributed by atoms with Crippen LogP contribution in [0.25, 0.3) is 0 Å². The van der Waals surface area contributed by atoms with E-state index < -0.39 is 11.6 Å². The van der Waals surface area contributed by atoms with Gasteiger partial charge in [0.25, 0.3) is 0 Å². The van der Waals surface area contributed by atoms with Crippen LogP contribution in [0.4, 0.5) is 8.78 Å². The van der Waals surface area contributed by atoms with Gasteiger partial charge in [0.2, 0.25) is 0 Å². The van der Waals surface area contributed by atoms with E-state index in [1.165, 1.54) is 12.1 Å². The second-order valence-corrected chi connectivity index (χ2v) is 3.85. The summed E-state index contributed by atoms with van der Waals surface area (Å²) in [4.78, 5) is 0. The molecule has 2 atom stereocenters. The summed E-state index contributed by atoms with van der Waals surface area (Å²) in [6, 6.07) is 3.70. The summed E-state index contributed by atoms with van der Waals surface area (Å²) in [6.07, 6.45) is 0.0449. The average Bonchev–Trinajstić information content (AvgIpc) is 2.26. The van der Waals surface area contributed by atoms with Gasteiger partial charge in [0.1, 0.15) is 11.6 Å². The van der Waals surface area contributed by atoms with Crippen molar-refractivity contribution in [2.45, 2.75) is 32.5 Å². The molecule has 90 valence electrons. The molecule has 0 aromatic heterocycles. The molecular weight excluding hydrogens is 212 g/mol. The number of benzene rings is 1. The monoisotopic (exact) mass is 229 g/mol. The van der Waals surface area contributed by atoms with Crippen LogP contribution in [-0.4, -0.2) is 19.3 Å². The number of nitrogens with one attached hydrogen (secondary N) is 1. The van der Waals surface area contributed by atoms with Gasteiger partial charge in [0, 0.05) is 31.3 Å². The molecule has 2 unspecified atom stereocenters. The third kappa shape index (κ3) is 3.54. The van der Waals surface area contributed by atoms with E-state index in [1.807, 2.05) is 13.8 Å². The van der Waals surface area contributed by atoms with Crippen LogP contribution >= 0.6 is 0 Å². The van der Waals surface area contributed by atoms with Crippen molar-refractivity contribution in [3.05, 3.63) is 35.4 Å². The third-order valence-electron chi connectivity index (χ3n) is 2.71. The van der Waals surface area contributed by atoms with Crippen molar-refractivity contribution in [2.75, 3.05) is 7.11 Å². The van der Waals surface area contributed by atoms with E-state index >= 15 is 0 Å². The van der Waals surface area contributed by atoms with Crippen LogP contribution in [0.3, 0.4) is 0 Å². The first-order valence-corrected chi connectivity index (χ1v) is 5.24. The van der Waals surface area contributed by atoms with Crippen LogP contribution in [0.15, 0.2) is 18.2 Å². The van der Waals surface area contributed by atoms with Crippen molar-refractivity contribution in [3.63, 3.8) is 0 Å². The van der Waals surface area contributed by atoms with Crippen LogP contribution < -0.4 is 5.32 Å². The minimum Gasteiger partial charge on any atom is -0.380 e. The molecular formula is C12H17F2NO. The summed E-state index contributed by atoms with van der Waals surface area (Å²) < 4.78 is 31.1. The van der Waals surface area contributed by atoms with Gasteiger partial charge in [-0.15, -0.1) is 0 Å². The van der Waals surface area contributed by atoms with Crippen LogP contribution in [0.1, 0.15) is 19.4 Å². The van der Waals surface area contributed by atoms with Gasteiger partial charge >= 0.3 is 0 Å². The first kappa shape index (κ1) is 13.1.